The van der Waals surface area contributed by atoms with Gasteiger partial charge in [-0.25, -0.2) is 4.68 Å². The average Bonchev–Trinajstić information content (AvgIpc) is 2.96. The van der Waals surface area contributed by atoms with Crippen LogP contribution in [0.1, 0.15) is 18.7 Å². The third-order valence-electron chi connectivity index (χ3n) is 2.30. The molecule has 0 fully saturated rings. The Morgan fingerprint density at radius 3 is 3.11 bits per heavy atom. The molecule has 1 N–H and O–H groups in total. The van der Waals surface area contributed by atoms with Gasteiger partial charge in [-0.15, -0.1) is 16.4 Å². The molecule has 2 aromatic heterocycles. The quantitative estimate of drug-likeness (QED) is 0.788. The first-order valence-corrected chi connectivity index (χ1v) is 7.77. The molecule has 2 heterocycles. The number of thioether (sulfide) groups is 1. The summed E-state index contributed by atoms with van der Waals surface area (Å²) in [5.41, 5.74) is 0. The fourth-order valence-corrected chi connectivity index (χ4v) is 3.11. The maximum Gasteiger partial charge on any atom is 0.209 e. The number of aromatic nitrogens is 4. The van der Waals surface area contributed by atoms with Gasteiger partial charge in [-0.1, -0.05) is 31.7 Å². The predicted molar refractivity (Wildman–Crippen MR) is 74.8 cm³/mol. The van der Waals surface area contributed by atoms with Crippen LogP contribution in [-0.4, -0.2) is 32.8 Å². The monoisotopic (exact) mass is 283 g/mol. The molecule has 98 valence electrons. The zero-order chi connectivity index (χ0) is 12.8. The maximum atomic E-state index is 4.06. The first-order valence-electron chi connectivity index (χ1n) is 5.90. The molecule has 5 nitrogen and oxygen atoms in total. The van der Waals surface area contributed by atoms with Crippen LogP contribution in [0.4, 0.5) is 0 Å². The Hall–Kier alpha value is -0.920. The lowest BCUT2D eigenvalue weighted by atomic mass is 10.4. The predicted octanol–water partition coefficient (Wildman–Crippen LogP) is 2.02. The molecule has 7 heteroatoms. The molecule has 0 aliphatic heterocycles. The number of thiophene rings is 1. The highest BCUT2D eigenvalue weighted by atomic mass is 32.2. The lowest BCUT2D eigenvalue weighted by molar-refractivity contribution is 0.485. The van der Waals surface area contributed by atoms with Crippen molar-refractivity contribution in [3.05, 3.63) is 22.4 Å². The maximum absolute atomic E-state index is 4.06. The van der Waals surface area contributed by atoms with Crippen molar-refractivity contribution in [2.45, 2.75) is 37.3 Å². The third-order valence-corrected chi connectivity index (χ3v) is 4.36. The largest absolute Gasteiger partial charge is 0.313 e. The van der Waals surface area contributed by atoms with Crippen molar-refractivity contribution in [1.29, 1.82) is 0 Å². The normalized spacial score (nSPS) is 11.3. The summed E-state index contributed by atoms with van der Waals surface area (Å²) in [5, 5.41) is 18.1. The van der Waals surface area contributed by atoms with E-state index in [1.165, 1.54) is 4.88 Å². The zero-order valence-electron chi connectivity index (χ0n) is 10.5. The second-order valence-electron chi connectivity index (χ2n) is 4.16. The van der Waals surface area contributed by atoms with Gasteiger partial charge in [0.25, 0.3) is 0 Å². The number of nitrogens with zero attached hydrogens (tertiary/aromatic N) is 4. The standard InChI is InChI=1S/C11H17N5S2/c1-9(2)12-5-6-16-11(13-14-15-16)18-8-10-4-3-7-17-10/h3-4,7,9,12H,5-6,8H2,1-2H3. The highest BCUT2D eigenvalue weighted by molar-refractivity contribution is 7.98. The molecule has 2 rings (SSSR count). The summed E-state index contributed by atoms with van der Waals surface area (Å²) >= 11 is 3.44. The molecular formula is C11H17N5S2. The van der Waals surface area contributed by atoms with Crippen LogP contribution in [-0.2, 0) is 12.3 Å². The van der Waals surface area contributed by atoms with Gasteiger partial charge in [-0.2, -0.15) is 0 Å². The van der Waals surface area contributed by atoms with Crippen LogP contribution in [0, 0.1) is 0 Å². The van der Waals surface area contributed by atoms with Crippen molar-refractivity contribution >= 4 is 23.1 Å². The molecule has 2 aromatic rings. The second kappa shape index (κ2) is 6.86. The molecule has 18 heavy (non-hydrogen) atoms. The van der Waals surface area contributed by atoms with Crippen LogP contribution in [0.5, 0.6) is 0 Å². The highest BCUT2D eigenvalue weighted by Crippen LogP contribution is 2.22. The van der Waals surface area contributed by atoms with Gasteiger partial charge in [-0.3, -0.25) is 0 Å². The number of hydrogen-bond donors (Lipinski definition) is 1. The Kier molecular flexibility index (Phi) is 5.15. The molecule has 0 unspecified atom stereocenters. The number of nitrogens with one attached hydrogen (secondary N) is 1. The lowest BCUT2D eigenvalue weighted by Crippen LogP contribution is -2.27. The smallest absolute Gasteiger partial charge is 0.209 e. The van der Waals surface area contributed by atoms with E-state index < -0.39 is 0 Å². The van der Waals surface area contributed by atoms with Crippen molar-refractivity contribution in [2.24, 2.45) is 0 Å². The summed E-state index contributed by atoms with van der Waals surface area (Å²) in [6.45, 7) is 5.95. The van der Waals surface area contributed by atoms with Gasteiger partial charge in [0.05, 0.1) is 6.54 Å². The summed E-state index contributed by atoms with van der Waals surface area (Å²) < 4.78 is 1.85. The van der Waals surface area contributed by atoms with Crippen LogP contribution < -0.4 is 5.32 Å². The van der Waals surface area contributed by atoms with Crippen molar-refractivity contribution < 1.29 is 0 Å². The molecule has 0 aromatic carbocycles. The Labute approximate surface area is 115 Å². The van der Waals surface area contributed by atoms with Gasteiger partial charge in [0.1, 0.15) is 0 Å². The van der Waals surface area contributed by atoms with Gasteiger partial charge in [0.15, 0.2) is 0 Å². The summed E-state index contributed by atoms with van der Waals surface area (Å²) in [5.74, 6) is 0.926. The average molecular weight is 283 g/mol. The van der Waals surface area contributed by atoms with Gasteiger partial charge in [0, 0.05) is 23.2 Å². The fourth-order valence-electron chi connectivity index (χ4n) is 1.43. The Morgan fingerprint density at radius 1 is 1.50 bits per heavy atom. The first kappa shape index (κ1) is 13.5. The van der Waals surface area contributed by atoms with E-state index in [4.69, 9.17) is 0 Å². The number of tetrazole rings is 1. The molecule has 0 atom stereocenters. The third kappa shape index (κ3) is 4.08. The molecule has 0 aliphatic rings. The van der Waals surface area contributed by atoms with E-state index in [-0.39, 0.29) is 0 Å². The van der Waals surface area contributed by atoms with Gasteiger partial charge in [0.2, 0.25) is 5.16 Å². The minimum atomic E-state index is 0.490. The van der Waals surface area contributed by atoms with Crippen molar-refractivity contribution in [1.82, 2.24) is 25.5 Å². The minimum absolute atomic E-state index is 0.490. The summed E-state index contributed by atoms with van der Waals surface area (Å²) in [6, 6.07) is 4.69. The SMILES string of the molecule is CC(C)NCCn1nnnc1SCc1cccs1. The van der Waals surface area contributed by atoms with E-state index in [9.17, 15) is 0 Å². The summed E-state index contributed by atoms with van der Waals surface area (Å²) in [4.78, 5) is 1.34. The Morgan fingerprint density at radius 2 is 2.39 bits per heavy atom. The van der Waals surface area contributed by atoms with Crippen molar-refractivity contribution in [3.63, 3.8) is 0 Å². The van der Waals surface area contributed by atoms with Gasteiger partial charge in [-0.05, 0) is 21.9 Å². The molecule has 0 saturated heterocycles. The van der Waals surface area contributed by atoms with Gasteiger partial charge < -0.3 is 5.32 Å². The number of rotatable bonds is 7. The molecule has 0 radical (unpaired) electrons. The molecule has 0 aliphatic carbocycles. The van der Waals surface area contributed by atoms with E-state index in [1.54, 1.807) is 23.1 Å². The van der Waals surface area contributed by atoms with E-state index in [1.807, 2.05) is 4.68 Å². The van der Waals surface area contributed by atoms with E-state index in [0.717, 1.165) is 24.0 Å². The molecule has 0 spiro atoms. The fraction of sp³-hybridized carbons (Fsp3) is 0.545. The molecule has 0 saturated carbocycles. The van der Waals surface area contributed by atoms with Crippen LogP contribution in [0.15, 0.2) is 22.7 Å². The van der Waals surface area contributed by atoms with E-state index in [0.29, 0.717) is 6.04 Å². The number of hydrogen-bond acceptors (Lipinski definition) is 6. The Balaban J connectivity index is 1.83. The highest BCUT2D eigenvalue weighted by Gasteiger charge is 2.07. The minimum Gasteiger partial charge on any atom is -0.313 e. The first-order chi connectivity index (χ1) is 8.75. The molecule has 0 amide bonds. The molecule has 0 bridgehead atoms. The van der Waals surface area contributed by atoms with Crippen molar-refractivity contribution in [3.8, 4) is 0 Å². The van der Waals surface area contributed by atoms with Crippen LogP contribution in [0.2, 0.25) is 0 Å². The van der Waals surface area contributed by atoms with E-state index >= 15 is 0 Å². The summed E-state index contributed by atoms with van der Waals surface area (Å²) in [6.07, 6.45) is 0. The van der Waals surface area contributed by atoms with Crippen molar-refractivity contribution in [2.75, 3.05) is 6.54 Å². The van der Waals surface area contributed by atoms with E-state index in [2.05, 4.69) is 52.2 Å². The van der Waals surface area contributed by atoms with Gasteiger partial charge >= 0.3 is 0 Å². The van der Waals surface area contributed by atoms with Crippen LogP contribution >= 0.6 is 23.1 Å². The van der Waals surface area contributed by atoms with Crippen LogP contribution in [0.3, 0.4) is 0 Å². The lowest BCUT2D eigenvalue weighted by Gasteiger charge is -2.08. The topological polar surface area (TPSA) is 55.6 Å². The second-order valence-corrected chi connectivity index (χ2v) is 6.14. The van der Waals surface area contributed by atoms with Crippen LogP contribution in [0.25, 0.3) is 0 Å². The zero-order valence-corrected chi connectivity index (χ0v) is 12.2. The molecular weight excluding hydrogens is 266 g/mol. The Bertz CT molecular complexity index is 452. The summed E-state index contributed by atoms with van der Waals surface area (Å²) in [7, 11) is 0.